The smallest absolute Gasteiger partial charge is 0.416 e. The molecule has 7 rings (SSSR count). The Hall–Kier alpha value is -5.23. The standard InChI is InChI=1S/C17H18N2O2S.C14H16F3N3O2.C14H23NO3S/c1-9(2)13-8-22-17(19-13)12-7-14(20)11-5-6-15(21-4)10(3)16(11)18-12;15-14(16,17)9-3-5-10(6-4-9)19-8-12(21)20-7-1-2-11(20)13(18)22;1-2-3-4-5-6-7-11-10-13(11)14(16)15-19(17,18)12-8-9-12/h5-9H,1-4H3,(H,18,20);3-6,11,19H,1-2,7-8H2,(H2,18,22);6-7,11-13H,2-5,8-10H2,1H3,(H,15,16)/b;;7-6-/t;11-;11-,13+/m.01/s1. The molecule has 0 bridgehead atoms. The number of thiazole rings is 1. The first kappa shape index (κ1) is 48.8. The third kappa shape index (κ3) is 13.4. The summed E-state index contributed by atoms with van der Waals surface area (Å²) >= 11 is 1.55. The van der Waals surface area contributed by atoms with E-state index in [4.69, 9.17) is 10.5 Å². The molecule has 3 amide bonds. The van der Waals surface area contributed by atoms with Crippen LogP contribution in [0.25, 0.3) is 21.6 Å². The Bertz CT molecular complexity index is 2430. The van der Waals surface area contributed by atoms with Gasteiger partial charge in [0.05, 0.1) is 41.4 Å². The van der Waals surface area contributed by atoms with E-state index in [9.17, 15) is 40.8 Å². The number of allylic oxidation sites excluding steroid dienone is 2. The highest BCUT2D eigenvalue weighted by atomic mass is 32.2. The zero-order chi connectivity index (χ0) is 46.1. The molecule has 63 heavy (non-hydrogen) atoms. The van der Waals surface area contributed by atoms with E-state index >= 15 is 0 Å². The van der Waals surface area contributed by atoms with Crippen LogP contribution in [0, 0.1) is 18.8 Å². The minimum atomic E-state index is -4.39. The number of pyridine rings is 1. The number of likely N-dealkylation sites (tertiary alicyclic amines) is 1. The second-order valence-corrected chi connectivity index (χ2v) is 19.1. The second kappa shape index (κ2) is 21.4. The van der Waals surface area contributed by atoms with Crippen molar-refractivity contribution in [2.24, 2.45) is 17.6 Å². The molecule has 1 saturated heterocycles. The van der Waals surface area contributed by atoms with Crippen molar-refractivity contribution in [3.8, 4) is 16.5 Å². The number of alkyl halides is 3. The van der Waals surface area contributed by atoms with Crippen LogP contribution in [0.15, 0.2) is 64.8 Å². The number of carbonyl (C=O) groups is 3. The molecule has 3 fully saturated rings. The van der Waals surface area contributed by atoms with Crippen LogP contribution >= 0.6 is 11.3 Å². The van der Waals surface area contributed by atoms with Gasteiger partial charge in [-0.1, -0.05) is 45.8 Å². The van der Waals surface area contributed by atoms with Crippen LogP contribution in [0.5, 0.6) is 5.75 Å². The molecule has 5 N–H and O–H groups in total. The predicted molar refractivity (Wildman–Crippen MR) is 240 cm³/mol. The number of nitrogens with two attached hydrogens (primary N) is 1. The van der Waals surface area contributed by atoms with Crippen LogP contribution in [-0.4, -0.2) is 72.5 Å². The number of ether oxygens (including phenoxy) is 1. The summed E-state index contributed by atoms with van der Waals surface area (Å²) in [5, 5.41) is 5.98. The van der Waals surface area contributed by atoms with Gasteiger partial charge in [0.2, 0.25) is 27.7 Å². The summed E-state index contributed by atoms with van der Waals surface area (Å²) in [5.74, 6) is 0.102. The number of primary amides is 1. The monoisotopic (exact) mass is 914 g/mol. The number of aromatic nitrogens is 2. The van der Waals surface area contributed by atoms with Gasteiger partial charge in [-0.25, -0.2) is 13.4 Å². The molecule has 4 aromatic rings. The van der Waals surface area contributed by atoms with Gasteiger partial charge in [-0.15, -0.1) is 11.3 Å². The normalized spacial score (nSPS) is 18.4. The number of anilines is 1. The number of nitrogens with one attached hydrogen (secondary N) is 3. The van der Waals surface area contributed by atoms with Gasteiger partial charge in [0.15, 0.2) is 5.43 Å². The molecule has 1 aliphatic heterocycles. The molecule has 3 heterocycles. The van der Waals surface area contributed by atoms with Gasteiger partial charge < -0.3 is 25.7 Å². The maximum absolute atomic E-state index is 12.4. The molecule has 3 aliphatic rings. The number of nitrogens with zero attached hydrogens (tertiary/aromatic N) is 2. The fraction of sp³-hybridized carbons (Fsp3) is 0.489. The van der Waals surface area contributed by atoms with Gasteiger partial charge in [-0.2, -0.15) is 13.2 Å². The van der Waals surface area contributed by atoms with Gasteiger partial charge in [-0.3, -0.25) is 23.9 Å². The average molecular weight is 915 g/mol. The summed E-state index contributed by atoms with van der Waals surface area (Å²) in [5.41, 5.74) is 8.41. The van der Waals surface area contributed by atoms with Crippen molar-refractivity contribution >= 4 is 55.7 Å². The number of aryl methyl sites for hydroxylation is 1. The average Bonchev–Trinajstić information content (AvgIpc) is 4.14. The number of methoxy groups -OCH3 is 1. The number of carbonyl (C=O) groups excluding carboxylic acids is 3. The van der Waals surface area contributed by atoms with Crippen molar-refractivity contribution in [1.82, 2.24) is 19.6 Å². The first-order valence-corrected chi connectivity index (χ1v) is 23.7. The molecule has 0 unspecified atom stereocenters. The highest BCUT2D eigenvalue weighted by molar-refractivity contribution is 7.90. The Morgan fingerprint density at radius 1 is 1.10 bits per heavy atom. The minimum absolute atomic E-state index is 0.00389. The number of benzene rings is 2. The van der Waals surface area contributed by atoms with E-state index in [-0.39, 0.29) is 40.9 Å². The first-order chi connectivity index (χ1) is 29.8. The number of unbranched alkanes of at least 4 members (excludes halogenated alkanes) is 3. The summed E-state index contributed by atoms with van der Waals surface area (Å²) < 4.78 is 68.1. The highest BCUT2D eigenvalue weighted by Gasteiger charge is 2.45. The number of fused-ring (bicyclic) bond motifs is 1. The third-order valence-corrected chi connectivity index (χ3v) is 13.8. The van der Waals surface area contributed by atoms with Crippen molar-refractivity contribution in [1.29, 1.82) is 0 Å². The molecule has 0 spiro atoms. The molecule has 2 saturated carbocycles. The van der Waals surface area contributed by atoms with Gasteiger partial charge in [-0.05, 0) is 100 Å². The summed E-state index contributed by atoms with van der Waals surface area (Å²) in [6.45, 7) is 8.69. The second-order valence-electron chi connectivity index (χ2n) is 16.3. The van der Waals surface area contributed by atoms with Gasteiger partial charge in [0.1, 0.15) is 16.8 Å². The van der Waals surface area contributed by atoms with Crippen LogP contribution in [0.1, 0.15) is 101 Å². The lowest BCUT2D eigenvalue weighted by Gasteiger charge is -2.22. The largest absolute Gasteiger partial charge is 0.496 e. The Labute approximate surface area is 370 Å². The van der Waals surface area contributed by atoms with Gasteiger partial charge in [0.25, 0.3) is 0 Å². The van der Waals surface area contributed by atoms with E-state index in [1.807, 2.05) is 18.4 Å². The number of H-pyrrole nitrogens is 1. The van der Waals surface area contributed by atoms with Crippen molar-refractivity contribution in [3.63, 3.8) is 0 Å². The Kier molecular flexibility index (Phi) is 16.6. The molecule has 13 nitrogen and oxygen atoms in total. The third-order valence-electron chi connectivity index (χ3n) is 11.1. The van der Waals surface area contributed by atoms with Gasteiger partial charge in [0, 0.05) is 40.5 Å². The van der Waals surface area contributed by atoms with Crippen molar-refractivity contribution in [3.05, 3.63) is 87.0 Å². The minimum Gasteiger partial charge on any atom is -0.496 e. The van der Waals surface area contributed by atoms with E-state index in [2.05, 4.69) is 52.9 Å². The molecule has 18 heteroatoms. The highest BCUT2D eigenvalue weighted by Crippen LogP contribution is 2.40. The van der Waals surface area contributed by atoms with E-state index in [1.165, 1.54) is 36.3 Å². The zero-order valence-corrected chi connectivity index (χ0v) is 37.9. The number of hydrogen-bond donors (Lipinski definition) is 4. The fourth-order valence-corrected chi connectivity index (χ4v) is 9.36. The molecule has 2 aromatic heterocycles. The van der Waals surface area contributed by atoms with Crippen LogP contribution < -0.4 is 25.9 Å². The van der Waals surface area contributed by atoms with Gasteiger partial charge >= 0.3 is 6.18 Å². The Morgan fingerprint density at radius 3 is 2.41 bits per heavy atom. The zero-order valence-electron chi connectivity index (χ0n) is 36.2. The quantitative estimate of drug-likeness (QED) is 0.0675. The van der Waals surface area contributed by atoms with Crippen LogP contribution in [0.3, 0.4) is 0 Å². The lowest BCUT2D eigenvalue weighted by Crippen LogP contribution is -2.45. The fourth-order valence-electron chi connectivity index (χ4n) is 7.06. The van der Waals surface area contributed by atoms with Crippen molar-refractivity contribution in [2.45, 2.75) is 109 Å². The summed E-state index contributed by atoms with van der Waals surface area (Å²) in [6.07, 6.45) is 7.91. The van der Waals surface area contributed by atoms with Crippen molar-refractivity contribution < 1.29 is 40.7 Å². The number of sulfonamides is 1. The molecule has 3 atom stereocenters. The summed E-state index contributed by atoms with van der Waals surface area (Å²) in [6, 6.07) is 9.04. The van der Waals surface area contributed by atoms with E-state index in [0.29, 0.717) is 49.2 Å². The van der Waals surface area contributed by atoms with Crippen LogP contribution in [0.4, 0.5) is 18.9 Å². The SMILES string of the molecule is CCCCC/C=C\[C@@H]1C[C@@H]1C(=O)NS(=O)(=O)C1CC1.COc1ccc2c(=O)cc(-c3nc(C(C)C)cs3)[nH]c2c1C.NC(=O)[C@@H]1CCCN1C(=O)CNc1ccc(C(F)(F)F)cc1. The molecule has 342 valence electrons. The van der Waals surface area contributed by atoms with Crippen LogP contribution in [-0.2, 0) is 30.6 Å². The number of hydrogen-bond acceptors (Lipinski definition) is 10. The molecular weight excluding hydrogens is 858 g/mol. The molecule has 2 aromatic carbocycles. The molecular formula is C45H57F3N6O7S2. The Balaban J connectivity index is 0.000000179. The van der Waals surface area contributed by atoms with E-state index < -0.39 is 33.7 Å². The van der Waals surface area contributed by atoms with Crippen LogP contribution in [0.2, 0.25) is 0 Å². The topological polar surface area (TPSA) is 194 Å². The Morgan fingerprint density at radius 2 is 1.81 bits per heavy atom. The van der Waals surface area contributed by atoms with E-state index in [0.717, 1.165) is 58.2 Å². The predicted octanol–water partition coefficient (Wildman–Crippen LogP) is 8.05. The van der Waals surface area contributed by atoms with Crippen molar-refractivity contribution in [2.75, 3.05) is 25.5 Å². The lowest BCUT2D eigenvalue weighted by molar-refractivity contribution is -0.137. The first-order valence-electron chi connectivity index (χ1n) is 21.2. The summed E-state index contributed by atoms with van der Waals surface area (Å²) in [7, 11) is -1.74. The molecule has 2 aliphatic carbocycles. The number of amides is 3. The molecule has 0 radical (unpaired) electrons. The van der Waals surface area contributed by atoms with E-state index in [1.54, 1.807) is 30.6 Å². The lowest BCUT2D eigenvalue weighted by atomic mass is 10.1. The number of rotatable bonds is 15. The number of aromatic amines is 1. The maximum Gasteiger partial charge on any atom is 0.416 e. The summed E-state index contributed by atoms with van der Waals surface area (Å²) in [4.78, 5) is 56.8. The number of halogens is 3. The maximum atomic E-state index is 12.4.